The second kappa shape index (κ2) is 10.7. The van der Waals surface area contributed by atoms with Crippen molar-refractivity contribution in [3.63, 3.8) is 0 Å². The Labute approximate surface area is 234 Å². The highest BCUT2D eigenvalue weighted by Gasteiger charge is 2.43. The van der Waals surface area contributed by atoms with Gasteiger partial charge in [0.15, 0.2) is 5.69 Å². The Hall–Kier alpha value is -4.16. The highest BCUT2D eigenvalue weighted by Crippen LogP contribution is 2.49. The number of dihydropyridines is 2. The van der Waals surface area contributed by atoms with Gasteiger partial charge in [-0.15, -0.1) is 0 Å². The van der Waals surface area contributed by atoms with Gasteiger partial charge in [0.2, 0.25) is 0 Å². The second-order valence-corrected chi connectivity index (χ2v) is 11.0. The maximum atomic E-state index is 14.8. The molecule has 0 radical (unpaired) electrons. The number of alkyl halides is 3. The summed E-state index contributed by atoms with van der Waals surface area (Å²) in [5.41, 5.74) is 1.78. The average molecular weight is 574 g/mol. The van der Waals surface area contributed by atoms with E-state index in [0.717, 1.165) is 6.07 Å². The molecule has 0 saturated carbocycles. The zero-order chi connectivity index (χ0) is 29.5. The third-order valence-electron chi connectivity index (χ3n) is 6.74. The lowest BCUT2D eigenvalue weighted by Crippen LogP contribution is -2.34. The molecular formula is C28H31F4N7O2. The number of nitrogens with zero attached hydrogens (tertiary/aromatic N) is 4. The molecule has 41 heavy (non-hydrogen) atoms. The second-order valence-electron chi connectivity index (χ2n) is 11.0. The van der Waals surface area contributed by atoms with Crippen LogP contribution in [0.15, 0.2) is 51.6 Å². The summed E-state index contributed by atoms with van der Waals surface area (Å²) in [5, 5.41) is 13.0. The number of ether oxygens (including phenoxy) is 1. The van der Waals surface area contributed by atoms with Crippen LogP contribution in [0.3, 0.4) is 0 Å². The molecule has 3 atom stereocenters. The predicted octanol–water partition coefficient (Wildman–Crippen LogP) is 5.46. The van der Waals surface area contributed by atoms with E-state index in [4.69, 9.17) is 4.74 Å². The lowest BCUT2D eigenvalue weighted by Gasteiger charge is -2.30. The number of hydrogen-bond donors (Lipinski definition) is 3. The van der Waals surface area contributed by atoms with Crippen molar-refractivity contribution in [2.75, 3.05) is 30.3 Å². The monoisotopic (exact) mass is 573 g/mol. The van der Waals surface area contributed by atoms with Crippen molar-refractivity contribution in [2.24, 2.45) is 15.9 Å². The maximum absolute atomic E-state index is 14.8. The number of carbonyl (C=O) groups is 1. The third kappa shape index (κ3) is 5.98. The number of aromatic nitrogens is 2. The zero-order valence-corrected chi connectivity index (χ0v) is 23.0. The molecule has 0 aliphatic carbocycles. The van der Waals surface area contributed by atoms with Gasteiger partial charge in [-0.05, 0) is 57.0 Å². The number of benzene rings is 1. The van der Waals surface area contributed by atoms with E-state index in [1.807, 2.05) is 13.0 Å². The fraction of sp³-hybridized carbons (Fsp3) is 0.429. The summed E-state index contributed by atoms with van der Waals surface area (Å²) in [6, 6.07) is 3.67. The summed E-state index contributed by atoms with van der Waals surface area (Å²) in [6.07, 6.45) is 0.604. The molecular weight excluding hydrogens is 542 g/mol. The minimum absolute atomic E-state index is 0.141. The number of hydrogen-bond acceptors (Lipinski definition) is 7. The fourth-order valence-electron chi connectivity index (χ4n) is 5.18. The molecule has 218 valence electrons. The van der Waals surface area contributed by atoms with Gasteiger partial charge in [-0.1, -0.05) is 6.08 Å². The lowest BCUT2D eigenvalue weighted by molar-refractivity contribution is -0.141. The van der Waals surface area contributed by atoms with Crippen molar-refractivity contribution in [1.29, 1.82) is 0 Å². The number of alkyl carbamates (subject to hydrolysis) is 1. The zero-order valence-electron chi connectivity index (χ0n) is 23.0. The summed E-state index contributed by atoms with van der Waals surface area (Å²) in [4.78, 5) is 21.3. The van der Waals surface area contributed by atoms with Gasteiger partial charge in [0.05, 0.1) is 23.0 Å². The van der Waals surface area contributed by atoms with Crippen LogP contribution in [0.1, 0.15) is 44.9 Å². The Morgan fingerprint density at radius 2 is 2.00 bits per heavy atom. The molecule has 3 aliphatic rings. The highest BCUT2D eigenvalue weighted by atomic mass is 19.4. The molecule has 2 aromatic rings. The molecule has 13 heteroatoms. The molecule has 1 aromatic heterocycles. The van der Waals surface area contributed by atoms with Gasteiger partial charge in [-0.25, -0.2) is 13.9 Å². The quantitative estimate of drug-likeness (QED) is 0.399. The topological polar surface area (TPSA) is 105 Å². The van der Waals surface area contributed by atoms with Crippen LogP contribution in [0.25, 0.3) is 5.70 Å². The number of halogens is 4. The summed E-state index contributed by atoms with van der Waals surface area (Å²) in [6.45, 7) is 8.15. The summed E-state index contributed by atoms with van der Waals surface area (Å²) >= 11 is 0. The van der Waals surface area contributed by atoms with Gasteiger partial charge in [0.1, 0.15) is 17.6 Å². The van der Waals surface area contributed by atoms with Crippen LogP contribution in [-0.2, 0) is 10.9 Å². The van der Waals surface area contributed by atoms with Gasteiger partial charge in [0.25, 0.3) is 0 Å². The van der Waals surface area contributed by atoms with Crippen LogP contribution in [0, 0.1) is 11.7 Å². The van der Waals surface area contributed by atoms with Crippen molar-refractivity contribution >= 4 is 35.6 Å². The molecule has 0 spiro atoms. The van der Waals surface area contributed by atoms with E-state index in [0.29, 0.717) is 46.9 Å². The predicted molar refractivity (Wildman–Crippen MR) is 149 cm³/mol. The molecule has 5 rings (SSSR count). The van der Waals surface area contributed by atoms with Crippen molar-refractivity contribution < 1.29 is 27.1 Å². The van der Waals surface area contributed by atoms with E-state index in [1.165, 1.54) is 23.0 Å². The Bertz CT molecular complexity index is 1470. The van der Waals surface area contributed by atoms with Crippen molar-refractivity contribution in [2.45, 2.75) is 51.6 Å². The van der Waals surface area contributed by atoms with Crippen molar-refractivity contribution in [3.8, 4) is 0 Å². The van der Waals surface area contributed by atoms with Gasteiger partial charge in [-0.2, -0.15) is 18.3 Å². The number of aliphatic imine (C=N–C) groups is 2. The molecule has 1 amide bonds. The van der Waals surface area contributed by atoms with Crippen molar-refractivity contribution in [1.82, 2.24) is 15.1 Å². The van der Waals surface area contributed by atoms with Gasteiger partial charge < -0.3 is 20.7 Å². The van der Waals surface area contributed by atoms with Crippen LogP contribution in [0.2, 0.25) is 0 Å². The SMILES string of the molecule is CCNc1cc(F)cc2c1NC1N=CC(C3C=C(CNC(=O)OC(C)(C)C)C=NC3)=C(n3ccc(C(F)(F)F)n3)C21. The maximum Gasteiger partial charge on any atom is 0.435 e. The van der Waals surface area contributed by atoms with E-state index >= 15 is 0 Å². The van der Waals surface area contributed by atoms with E-state index < -0.39 is 41.5 Å². The van der Waals surface area contributed by atoms with E-state index in [9.17, 15) is 22.4 Å². The lowest BCUT2D eigenvalue weighted by atomic mass is 9.84. The van der Waals surface area contributed by atoms with Crippen LogP contribution in [-0.4, -0.2) is 59.7 Å². The summed E-state index contributed by atoms with van der Waals surface area (Å²) in [5.74, 6) is -1.49. The molecule has 3 N–H and O–H groups in total. The molecule has 3 aliphatic heterocycles. The first-order valence-electron chi connectivity index (χ1n) is 13.3. The largest absolute Gasteiger partial charge is 0.444 e. The van der Waals surface area contributed by atoms with Crippen LogP contribution in [0.5, 0.6) is 0 Å². The van der Waals surface area contributed by atoms with Gasteiger partial charge in [0, 0.05) is 49.8 Å². The standard InChI is InChI=1S/C28H31F4N7O2/c1-5-34-20-10-17(29)9-18-22-24(39-7-6-21(38-39)28(30,31)32)19(14-35-25(22)37-23(18)20)16-8-15(11-33-13-16)12-36-26(40)41-27(2,3)4/h6-11,14,16,22,25,34,37H,5,12-13H2,1-4H3,(H,36,40). The first kappa shape index (κ1) is 28.4. The van der Waals surface area contributed by atoms with E-state index in [2.05, 4.69) is 31.0 Å². The molecule has 0 saturated heterocycles. The molecule has 1 aromatic carbocycles. The smallest absolute Gasteiger partial charge is 0.435 e. The first-order valence-corrected chi connectivity index (χ1v) is 13.3. The number of fused-ring (bicyclic) bond motifs is 3. The fourth-order valence-corrected chi connectivity index (χ4v) is 5.18. The molecule has 9 nitrogen and oxygen atoms in total. The number of anilines is 2. The van der Waals surface area contributed by atoms with Crippen LogP contribution < -0.4 is 16.0 Å². The Balaban J connectivity index is 1.56. The number of carbonyl (C=O) groups excluding carboxylic acids is 1. The number of nitrogens with one attached hydrogen (secondary N) is 3. The van der Waals surface area contributed by atoms with E-state index in [1.54, 1.807) is 33.2 Å². The normalized spacial score (nSPS) is 21.7. The third-order valence-corrected chi connectivity index (χ3v) is 6.74. The molecule has 3 unspecified atom stereocenters. The van der Waals surface area contributed by atoms with Crippen LogP contribution in [0.4, 0.5) is 33.7 Å². The van der Waals surface area contributed by atoms with Crippen molar-refractivity contribution in [3.05, 3.63) is 58.7 Å². The van der Waals surface area contributed by atoms with Crippen LogP contribution >= 0.6 is 0 Å². The molecule has 0 fully saturated rings. The van der Waals surface area contributed by atoms with Gasteiger partial charge >= 0.3 is 12.3 Å². The summed E-state index contributed by atoms with van der Waals surface area (Å²) < 4.78 is 62.0. The minimum atomic E-state index is -4.64. The molecule has 0 bridgehead atoms. The molecule has 4 heterocycles. The Kier molecular flexibility index (Phi) is 7.39. The number of amides is 1. The van der Waals surface area contributed by atoms with Gasteiger partial charge in [-0.3, -0.25) is 9.98 Å². The number of rotatable bonds is 6. The average Bonchev–Trinajstić information content (AvgIpc) is 3.52. The summed E-state index contributed by atoms with van der Waals surface area (Å²) in [7, 11) is 0. The minimum Gasteiger partial charge on any atom is -0.444 e. The Morgan fingerprint density at radius 1 is 1.22 bits per heavy atom. The first-order chi connectivity index (χ1) is 19.3. The Morgan fingerprint density at radius 3 is 2.68 bits per heavy atom. The highest BCUT2D eigenvalue weighted by molar-refractivity contribution is 5.95. The van der Waals surface area contributed by atoms with E-state index in [-0.39, 0.29) is 12.5 Å².